The number of hydrogen-bond donors (Lipinski definition) is 2. The van der Waals surface area contributed by atoms with Crippen LogP contribution in [-0.4, -0.2) is 16.2 Å². The molecule has 0 aliphatic rings. The van der Waals surface area contributed by atoms with Gasteiger partial charge in [-0.15, -0.1) is 0 Å². The van der Waals surface area contributed by atoms with Gasteiger partial charge in [-0.05, 0) is 28.5 Å². The number of aliphatic carboxylic acids is 1. The molecule has 58 valence electrons. The summed E-state index contributed by atoms with van der Waals surface area (Å²) in [5, 5.41) is 20.6. The lowest BCUT2D eigenvalue weighted by atomic mass is 10.3. The zero-order valence-electron chi connectivity index (χ0n) is 5.52. The molecule has 1 rings (SSSR count). The van der Waals surface area contributed by atoms with Crippen LogP contribution in [0.1, 0.15) is 5.56 Å². The van der Waals surface area contributed by atoms with E-state index in [1.807, 2.05) is 0 Å². The van der Waals surface area contributed by atoms with Gasteiger partial charge in [0.15, 0.2) is 0 Å². The van der Waals surface area contributed by atoms with Gasteiger partial charge < -0.3 is 10.2 Å². The van der Waals surface area contributed by atoms with Crippen LogP contribution in [0.15, 0.2) is 22.6 Å². The van der Waals surface area contributed by atoms with Crippen LogP contribution in [0.25, 0.3) is 6.08 Å². The molecule has 3 nitrogen and oxygen atoms in total. The number of carboxylic acids is 1. The minimum Gasteiger partial charge on any atom is -0.502 e. The number of thiophene rings is 1. The molecule has 4 heteroatoms. The summed E-state index contributed by atoms with van der Waals surface area (Å²) in [5.41, 5.74) is 0.704. The van der Waals surface area contributed by atoms with Crippen molar-refractivity contribution in [1.82, 2.24) is 0 Å². The molecule has 0 fully saturated rings. The van der Waals surface area contributed by atoms with E-state index in [0.717, 1.165) is 0 Å². The third kappa shape index (κ3) is 2.09. The zero-order valence-corrected chi connectivity index (χ0v) is 6.34. The predicted octanol–water partition coefficient (Wildman–Crippen LogP) is 1.73. The molecule has 0 aliphatic heterocycles. The van der Waals surface area contributed by atoms with E-state index < -0.39 is 11.7 Å². The Morgan fingerprint density at radius 3 is 2.73 bits per heavy atom. The van der Waals surface area contributed by atoms with E-state index in [2.05, 4.69) is 0 Å². The Morgan fingerprint density at radius 2 is 2.27 bits per heavy atom. The van der Waals surface area contributed by atoms with Gasteiger partial charge in [-0.1, -0.05) is 0 Å². The molecule has 0 bridgehead atoms. The third-order valence-electron chi connectivity index (χ3n) is 1.07. The minimum absolute atomic E-state index is 0.636. The van der Waals surface area contributed by atoms with Crippen LogP contribution in [0.3, 0.4) is 0 Å². The fourth-order valence-electron chi connectivity index (χ4n) is 0.577. The maximum absolute atomic E-state index is 10.1. The van der Waals surface area contributed by atoms with Crippen LogP contribution in [0.5, 0.6) is 0 Å². The quantitative estimate of drug-likeness (QED) is 0.525. The predicted molar refractivity (Wildman–Crippen MR) is 42.6 cm³/mol. The molecular formula is C7H6O3S. The van der Waals surface area contributed by atoms with E-state index in [-0.39, 0.29) is 0 Å². The standard InChI is InChI=1S/C7H6O3S/c8-6(7(9)10)3-5-1-2-11-4-5/h1-4,8H,(H,9,10). The monoisotopic (exact) mass is 170 g/mol. The first kappa shape index (κ1) is 7.81. The van der Waals surface area contributed by atoms with Gasteiger partial charge in [0.1, 0.15) is 0 Å². The van der Waals surface area contributed by atoms with Gasteiger partial charge in [-0.2, -0.15) is 11.3 Å². The summed E-state index contributed by atoms with van der Waals surface area (Å²) in [4.78, 5) is 10.1. The zero-order chi connectivity index (χ0) is 8.27. The van der Waals surface area contributed by atoms with Crippen molar-refractivity contribution in [2.45, 2.75) is 0 Å². The lowest BCUT2D eigenvalue weighted by Gasteiger charge is -1.88. The molecule has 0 unspecified atom stereocenters. The van der Waals surface area contributed by atoms with E-state index in [0.29, 0.717) is 5.56 Å². The number of carbonyl (C=O) groups is 1. The number of aliphatic hydroxyl groups excluding tert-OH is 1. The van der Waals surface area contributed by atoms with Crippen molar-refractivity contribution in [3.63, 3.8) is 0 Å². The lowest BCUT2D eigenvalue weighted by Crippen LogP contribution is -1.97. The van der Waals surface area contributed by atoms with E-state index in [4.69, 9.17) is 10.2 Å². The second-order valence-corrected chi connectivity index (χ2v) is 2.67. The van der Waals surface area contributed by atoms with Crippen molar-refractivity contribution in [1.29, 1.82) is 0 Å². The number of aliphatic hydroxyl groups is 1. The average Bonchev–Trinajstić information content (AvgIpc) is 2.39. The number of rotatable bonds is 2. The van der Waals surface area contributed by atoms with Crippen LogP contribution in [-0.2, 0) is 4.79 Å². The van der Waals surface area contributed by atoms with Gasteiger partial charge in [0.25, 0.3) is 0 Å². The van der Waals surface area contributed by atoms with E-state index in [1.165, 1.54) is 17.4 Å². The van der Waals surface area contributed by atoms with Crippen molar-refractivity contribution >= 4 is 23.4 Å². The van der Waals surface area contributed by atoms with Gasteiger partial charge in [-0.25, -0.2) is 4.79 Å². The Bertz CT molecular complexity index is 274. The second kappa shape index (κ2) is 3.21. The Labute approximate surface area is 67.2 Å². The summed E-state index contributed by atoms with van der Waals surface area (Å²) in [6, 6.07) is 1.73. The Hall–Kier alpha value is -1.29. The van der Waals surface area contributed by atoms with Crippen LogP contribution < -0.4 is 0 Å². The molecule has 1 heterocycles. The summed E-state index contributed by atoms with van der Waals surface area (Å²) in [6.07, 6.45) is 1.21. The maximum Gasteiger partial charge on any atom is 0.370 e. The molecule has 0 aliphatic carbocycles. The SMILES string of the molecule is O=C(O)C(O)=Cc1ccsc1. The van der Waals surface area contributed by atoms with Gasteiger partial charge in [-0.3, -0.25) is 0 Å². The molecule has 0 atom stereocenters. The fraction of sp³-hybridized carbons (Fsp3) is 0. The first-order valence-electron chi connectivity index (χ1n) is 2.86. The Balaban J connectivity index is 2.82. The smallest absolute Gasteiger partial charge is 0.370 e. The normalized spacial score (nSPS) is 11.5. The highest BCUT2D eigenvalue weighted by Gasteiger charge is 2.02. The largest absolute Gasteiger partial charge is 0.502 e. The van der Waals surface area contributed by atoms with Crippen LogP contribution in [0.2, 0.25) is 0 Å². The van der Waals surface area contributed by atoms with E-state index in [1.54, 1.807) is 16.8 Å². The molecule has 2 N–H and O–H groups in total. The van der Waals surface area contributed by atoms with E-state index in [9.17, 15) is 4.79 Å². The summed E-state index contributed by atoms with van der Waals surface area (Å²) in [6.45, 7) is 0. The average molecular weight is 170 g/mol. The Morgan fingerprint density at radius 1 is 1.55 bits per heavy atom. The van der Waals surface area contributed by atoms with Crippen molar-refractivity contribution in [2.24, 2.45) is 0 Å². The van der Waals surface area contributed by atoms with Crippen LogP contribution in [0.4, 0.5) is 0 Å². The lowest BCUT2D eigenvalue weighted by molar-refractivity contribution is -0.135. The van der Waals surface area contributed by atoms with E-state index >= 15 is 0 Å². The van der Waals surface area contributed by atoms with Gasteiger partial charge in [0, 0.05) is 0 Å². The highest BCUT2D eigenvalue weighted by atomic mass is 32.1. The third-order valence-corrected chi connectivity index (χ3v) is 1.77. The highest BCUT2D eigenvalue weighted by Crippen LogP contribution is 2.09. The number of hydrogen-bond acceptors (Lipinski definition) is 3. The minimum atomic E-state index is -1.31. The van der Waals surface area contributed by atoms with Crippen molar-refractivity contribution < 1.29 is 15.0 Å². The molecule has 1 aromatic heterocycles. The summed E-state index contributed by atoms with van der Waals surface area (Å²) in [5.74, 6) is -1.94. The van der Waals surface area contributed by atoms with Crippen LogP contribution in [0, 0.1) is 0 Å². The van der Waals surface area contributed by atoms with Gasteiger partial charge >= 0.3 is 5.97 Å². The topological polar surface area (TPSA) is 57.5 Å². The van der Waals surface area contributed by atoms with Gasteiger partial charge in [0.05, 0.1) is 0 Å². The first-order valence-corrected chi connectivity index (χ1v) is 3.80. The summed E-state index contributed by atoms with van der Waals surface area (Å²) >= 11 is 1.44. The molecular weight excluding hydrogens is 164 g/mol. The first-order chi connectivity index (χ1) is 5.20. The molecule has 0 amide bonds. The van der Waals surface area contributed by atoms with Gasteiger partial charge in [0.2, 0.25) is 5.76 Å². The molecule has 0 radical (unpaired) electrons. The van der Waals surface area contributed by atoms with Crippen molar-refractivity contribution in [2.75, 3.05) is 0 Å². The molecule has 0 saturated carbocycles. The second-order valence-electron chi connectivity index (χ2n) is 1.89. The Kier molecular flexibility index (Phi) is 2.28. The fourth-order valence-corrected chi connectivity index (χ4v) is 1.19. The summed E-state index contributed by atoms with van der Waals surface area (Å²) in [7, 11) is 0. The highest BCUT2D eigenvalue weighted by molar-refractivity contribution is 7.08. The number of carboxylic acid groups (broad SMARTS) is 1. The molecule has 1 aromatic rings. The molecule has 0 aromatic carbocycles. The summed E-state index contributed by atoms with van der Waals surface area (Å²) < 4.78 is 0. The van der Waals surface area contributed by atoms with Crippen molar-refractivity contribution in [3.8, 4) is 0 Å². The maximum atomic E-state index is 10.1. The molecule has 11 heavy (non-hydrogen) atoms. The molecule has 0 saturated heterocycles. The van der Waals surface area contributed by atoms with Crippen molar-refractivity contribution in [3.05, 3.63) is 28.1 Å². The molecule has 0 spiro atoms. The van der Waals surface area contributed by atoms with Crippen LogP contribution >= 0.6 is 11.3 Å².